The number of ether oxygens (including phenoxy) is 1. The van der Waals surface area contributed by atoms with Crippen LogP contribution in [0.5, 0.6) is 0 Å². The Balaban J connectivity index is 1.87. The maximum Gasteiger partial charge on any atom is 0.338 e. The topological polar surface area (TPSA) is 89.9 Å². The van der Waals surface area contributed by atoms with Crippen LogP contribution in [0.25, 0.3) is 11.4 Å². The third kappa shape index (κ3) is 3.95. The summed E-state index contributed by atoms with van der Waals surface area (Å²) in [6.45, 7) is 4.04. The number of carbonyl (C=O) groups excluding carboxylic acids is 1. The summed E-state index contributed by atoms with van der Waals surface area (Å²) in [5, 5.41) is 3.14. The summed E-state index contributed by atoms with van der Waals surface area (Å²) in [6, 6.07) is 7.07. The van der Waals surface area contributed by atoms with Gasteiger partial charge in [-0.3, -0.25) is 9.97 Å². The van der Waals surface area contributed by atoms with E-state index in [-0.39, 0.29) is 5.97 Å². The van der Waals surface area contributed by atoms with Crippen molar-refractivity contribution in [2.45, 2.75) is 13.8 Å². The number of anilines is 2. The standard InChI is InChI=1S/C18H17N5O2/c1-3-25-17(24)13-5-4-12(2)15(10-13)23-18-21-7-6-14(22-18)16-11-19-8-9-20-16/h4-11H,3H2,1-2H3,(H,21,22,23). The number of hydrogen-bond donors (Lipinski definition) is 1. The zero-order valence-electron chi connectivity index (χ0n) is 13.9. The molecule has 0 radical (unpaired) electrons. The molecule has 2 heterocycles. The SMILES string of the molecule is CCOC(=O)c1ccc(C)c(Nc2nccc(-c3cnccn3)n2)c1. The molecule has 3 aromatic rings. The van der Waals surface area contributed by atoms with Crippen molar-refractivity contribution in [3.63, 3.8) is 0 Å². The van der Waals surface area contributed by atoms with Crippen molar-refractivity contribution in [3.05, 3.63) is 60.2 Å². The molecule has 0 aliphatic carbocycles. The first kappa shape index (κ1) is 16.5. The number of aromatic nitrogens is 4. The Morgan fingerprint density at radius 1 is 1.12 bits per heavy atom. The van der Waals surface area contributed by atoms with Gasteiger partial charge in [-0.05, 0) is 37.6 Å². The van der Waals surface area contributed by atoms with Gasteiger partial charge >= 0.3 is 5.97 Å². The average molecular weight is 335 g/mol. The van der Waals surface area contributed by atoms with E-state index in [4.69, 9.17) is 4.74 Å². The van der Waals surface area contributed by atoms with Crippen molar-refractivity contribution in [2.75, 3.05) is 11.9 Å². The van der Waals surface area contributed by atoms with Crippen LogP contribution in [0.3, 0.4) is 0 Å². The second-order valence-electron chi connectivity index (χ2n) is 5.23. The van der Waals surface area contributed by atoms with Gasteiger partial charge in [-0.2, -0.15) is 0 Å². The second kappa shape index (κ2) is 7.48. The molecule has 7 nitrogen and oxygen atoms in total. The van der Waals surface area contributed by atoms with Crippen molar-refractivity contribution < 1.29 is 9.53 Å². The van der Waals surface area contributed by atoms with E-state index in [2.05, 4.69) is 25.3 Å². The molecular formula is C18H17N5O2. The van der Waals surface area contributed by atoms with Gasteiger partial charge < -0.3 is 10.1 Å². The third-order valence-electron chi connectivity index (χ3n) is 3.48. The van der Waals surface area contributed by atoms with Crippen molar-refractivity contribution in [3.8, 4) is 11.4 Å². The normalized spacial score (nSPS) is 10.3. The van der Waals surface area contributed by atoms with Gasteiger partial charge in [0.2, 0.25) is 5.95 Å². The molecular weight excluding hydrogens is 318 g/mol. The number of esters is 1. The number of rotatable bonds is 5. The molecule has 0 aliphatic heterocycles. The van der Waals surface area contributed by atoms with E-state index in [1.54, 1.807) is 49.9 Å². The largest absolute Gasteiger partial charge is 0.462 e. The first-order chi connectivity index (χ1) is 12.2. The summed E-state index contributed by atoms with van der Waals surface area (Å²) in [4.78, 5) is 28.9. The van der Waals surface area contributed by atoms with Crippen LogP contribution in [0.1, 0.15) is 22.8 Å². The Morgan fingerprint density at radius 3 is 2.76 bits per heavy atom. The molecule has 25 heavy (non-hydrogen) atoms. The van der Waals surface area contributed by atoms with Crippen LogP contribution in [-0.4, -0.2) is 32.5 Å². The van der Waals surface area contributed by atoms with Crippen LogP contribution in [0.15, 0.2) is 49.1 Å². The second-order valence-corrected chi connectivity index (χ2v) is 5.23. The minimum absolute atomic E-state index is 0.332. The van der Waals surface area contributed by atoms with Crippen molar-refractivity contribution in [1.82, 2.24) is 19.9 Å². The zero-order chi connectivity index (χ0) is 17.6. The van der Waals surface area contributed by atoms with Crippen LogP contribution in [0, 0.1) is 6.92 Å². The predicted molar refractivity (Wildman–Crippen MR) is 93.5 cm³/mol. The number of benzene rings is 1. The van der Waals surface area contributed by atoms with E-state index in [1.165, 1.54) is 0 Å². The number of carbonyl (C=O) groups is 1. The molecule has 0 unspecified atom stereocenters. The fraction of sp³-hybridized carbons (Fsp3) is 0.167. The van der Waals surface area contributed by atoms with Gasteiger partial charge in [-0.15, -0.1) is 0 Å². The molecule has 0 spiro atoms. The highest BCUT2D eigenvalue weighted by molar-refractivity contribution is 5.91. The highest BCUT2D eigenvalue weighted by Gasteiger charge is 2.10. The smallest absolute Gasteiger partial charge is 0.338 e. The monoisotopic (exact) mass is 335 g/mol. The minimum atomic E-state index is -0.361. The minimum Gasteiger partial charge on any atom is -0.462 e. The van der Waals surface area contributed by atoms with Gasteiger partial charge in [-0.1, -0.05) is 6.07 Å². The summed E-state index contributed by atoms with van der Waals surface area (Å²) < 4.78 is 5.04. The van der Waals surface area contributed by atoms with Gasteiger partial charge in [0.1, 0.15) is 5.69 Å². The number of aryl methyl sites for hydroxylation is 1. The summed E-state index contributed by atoms with van der Waals surface area (Å²) in [5.41, 5.74) is 3.48. The number of hydrogen-bond acceptors (Lipinski definition) is 7. The van der Waals surface area contributed by atoms with Crippen molar-refractivity contribution in [1.29, 1.82) is 0 Å². The lowest BCUT2D eigenvalue weighted by Gasteiger charge is -2.11. The fourth-order valence-electron chi connectivity index (χ4n) is 2.21. The van der Waals surface area contributed by atoms with E-state index in [1.807, 2.05) is 13.0 Å². The number of nitrogens with one attached hydrogen (secondary N) is 1. The molecule has 0 bridgehead atoms. The lowest BCUT2D eigenvalue weighted by atomic mass is 10.1. The van der Waals surface area contributed by atoms with Crippen LogP contribution < -0.4 is 5.32 Å². The summed E-state index contributed by atoms with van der Waals surface area (Å²) in [5.74, 6) is 0.0482. The van der Waals surface area contributed by atoms with Crippen molar-refractivity contribution >= 4 is 17.6 Å². The number of nitrogens with zero attached hydrogens (tertiary/aromatic N) is 4. The fourth-order valence-corrected chi connectivity index (χ4v) is 2.21. The summed E-state index contributed by atoms with van der Waals surface area (Å²) in [6.07, 6.45) is 6.49. The van der Waals surface area contributed by atoms with Crippen LogP contribution in [0.4, 0.5) is 11.6 Å². The third-order valence-corrected chi connectivity index (χ3v) is 3.48. The Kier molecular flexibility index (Phi) is 4.94. The zero-order valence-corrected chi connectivity index (χ0v) is 13.9. The first-order valence-corrected chi connectivity index (χ1v) is 7.81. The highest BCUT2D eigenvalue weighted by atomic mass is 16.5. The lowest BCUT2D eigenvalue weighted by Crippen LogP contribution is -2.06. The molecule has 1 N–H and O–H groups in total. The van der Waals surface area contributed by atoms with Crippen molar-refractivity contribution in [2.24, 2.45) is 0 Å². The molecule has 0 atom stereocenters. The van der Waals surface area contributed by atoms with E-state index in [0.717, 1.165) is 11.3 Å². The van der Waals surface area contributed by atoms with Crippen LogP contribution in [0.2, 0.25) is 0 Å². The van der Waals surface area contributed by atoms with Gasteiger partial charge in [-0.25, -0.2) is 14.8 Å². The Hall–Kier alpha value is -3.35. The Labute approximate surface area is 145 Å². The van der Waals surface area contributed by atoms with E-state index >= 15 is 0 Å². The predicted octanol–water partition coefficient (Wildman–Crippen LogP) is 3.16. The van der Waals surface area contributed by atoms with Crippen LogP contribution in [-0.2, 0) is 4.74 Å². The molecule has 126 valence electrons. The van der Waals surface area contributed by atoms with Gasteiger partial charge in [0, 0.05) is 24.3 Å². The lowest BCUT2D eigenvalue weighted by molar-refractivity contribution is 0.0526. The molecule has 2 aromatic heterocycles. The van der Waals surface area contributed by atoms with Gasteiger partial charge in [0.25, 0.3) is 0 Å². The molecule has 1 aromatic carbocycles. The highest BCUT2D eigenvalue weighted by Crippen LogP contribution is 2.22. The molecule has 3 rings (SSSR count). The molecule has 0 saturated carbocycles. The Bertz CT molecular complexity index is 884. The maximum absolute atomic E-state index is 11.9. The molecule has 0 fully saturated rings. The van der Waals surface area contributed by atoms with Crippen LogP contribution >= 0.6 is 0 Å². The van der Waals surface area contributed by atoms with Gasteiger partial charge in [0.15, 0.2) is 0 Å². The molecule has 0 saturated heterocycles. The van der Waals surface area contributed by atoms with E-state index < -0.39 is 0 Å². The summed E-state index contributed by atoms with van der Waals surface area (Å²) in [7, 11) is 0. The van der Waals surface area contributed by atoms with E-state index in [0.29, 0.717) is 29.5 Å². The molecule has 7 heteroatoms. The molecule has 0 amide bonds. The Morgan fingerprint density at radius 2 is 2.00 bits per heavy atom. The average Bonchev–Trinajstić information content (AvgIpc) is 2.65. The van der Waals surface area contributed by atoms with E-state index in [9.17, 15) is 4.79 Å². The first-order valence-electron chi connectivity index (χ1n) is 7.81. The quantitative estimate of drug-likeness (QED) is 0.716. The van der Waals surface area contributed by atoms with Gasteiger partial charge in [0.05, 0.1) is 24.1 Å². The molecule has 0 aliphatic rings. The summed E-state index contributed by atoms with van der Waals surface area (Å²) >= 11 is 0. The maximum atomic E-state index is 11.9.